The first-order valence-electron chi connectivity index (χ1n) is 7.99. The van der Waals surface area contributed by atoms with E-state index in [0.29, 0.717) is 13.0 Å². The van der Waals surface area contributed by atoms with E-state index in [1.54, 1.807) is 12.1 Å². The molecule has 0 amide bonds. The average Bonchev–Trinajstić information content (AvgIpc) is 2.93. The van der Waals surface area contributed by atoms with Gasteiger partial charge in [-0.1, -0.05) is 12.1 Å². The van der Waals surface area contributed by atoms with Crippen LogP contribution in [0.4, 0.5) is 0 Å². The highest BCUT2D eigenvalue weighted by atomic mass is 16.5. The molecule has 3 aromatic rings. The molecule has 5 heteroatoms. The van der Waals surface area contributed by atoms with E-state index < -0.39 is 0 Å². The number of phenols is 1. The van der Waals surface area contributed by atoms with Crippen LogP contribution in [0.2, 0.25) is 0 Å². The molecule has 118 valence electrons. The Bertz CT molecular complexity index is 822. The van der Waals surface area contributed by atoms with E-state index in [1.807, 2.05) is 30.5 Å². The molecule has 0 aliphatic carbocycles. The van der Waals surface area contributed by atoms with E-state index in [4.69, 9.17) is 9.72 Å². The number of benzene rings is 1. The number of pyridine rings is 1. The second-order valence-corrected chi connectivity index (χ2v) is 5.96. The van der Waals surface area contributed by atoms with Gasteiger partial charge in [0.05, 0.1) is 12.6 Å². The van der Waals surface area contributed by atoms with Gasteiger partial charge >= 0.3 is 0 Å². The van der Waals surface area contributed by atoms with Crippen LogP contribution in [0.15, 0.2) is 42.6 Å². The van der Waals surface area contributed by atoms with Gasteiger partial charge < -0.3 is 14.4 Å². The number of hydrogen-bond acceptors (Lipinski definition) is 4. The molecule has 0 spiro atoms. The smallest absolute Gasteiger partial charge is 0.160 e. The van der Waals surface area contributed by atoms with Crippen molar-refractivity contribution in [1.29, 1.82) is 0 Å². The summed E-state index contributed by atoms with van der Waals surface area (Å²) in [5.74, 6) is 1.25. The lowest BCUT2D eigenvalue weighted by Crippen LogP contribution is -2.23. The number of imidazole rings is 1. The molecule has 1 saturated heterocycles. The summed E-state index contributed by atoms with van der Waals surface area (Å²) in [6.07, 6.45) is 4.61. The summed E-state index contributed by atoms with van der Waals surface area (Å²) in [6.45, 7) is 1.54. The molecular formula is C18H19N3O2. The van der Waals surface area contributed by atoms with Gasteiger partial charge in [0, 0.05) is 19.2 Å². The van der Waals surface area contributed by atoms with E-state index in [9.17, 15) is 5.11 Å². The first-order valence-corrected chi connectivity index (χ1v) is 7.99. The minimum absolute atomic E-state index is 0.274. The molecule has 1 aromatic carbocycles. The van der Waals surface area contributed by atoms with Gasteiger partial charge in [-0.25, -0.2) is 9.97 Å². The van der Waals surface area contributed by atoms with Crippen LogP contribution in [0.25, 0.3) is 11.2 Å². The van der Waals surface area contributed by atoms with E-state index >= 15 is 0 Å². The monoisotopic (exact) mass is 309 g/mol. The summed E-state index contributed by atoms with van der Waals surface area (Å²) >= 11 is 0. The quantitative estimate of drug-likeness (QED) is 0.807. The standard InChI is InChI=1S/C18H19N3O2/c22-15-6-1-4-13(10-15)11-17-20-16-7-2-8-19-18(16)21(17)14-5-3-9-23-12-14/h1-2,4,6-8,10,14,22H,3,5,9,11-12H2. The highest BCUT2D eigenvalue weighted by Gasteiger charge is 2.22. The minimum Gasteiger partial charge on any atom is -0.508 e. The maximum Gasteiger partial charge on any atom is 0.160 e. The van der Waals surface area contributed by atoms with Gasteiger partial charge in [0.25, 0.3) is 0 Å². The number of aromatic hydroxyl groups is 1. The molecule has 0 saturated carbocycles. The second-order valence-electron chi connectivity index (χ2n) is 5.96. The van der Waals surface area contributed by atoms with Crippen molar-refractivity contribution in [2.75, 3.05) is 13.2 Å². The van der Waals surface area contributed by atoms with Gasteiger partial charge in [0.1, 0.15) is 17.1 Å². The van der Waals surface area contributed by atoms with Crippen LogP contribution in [-0.2, 0) is 11.2 Å². The molecule has 1 aliphatic rings. The Morgan fingerprint density at radius 3 is 3.04 bits per heavy atom. The molecule has 3 heterocycles. The Hall–Kier alpha value is -2.40. The highest BCUT2D eigenvalue weighted by molar-refractivity contribution is 5.71. The van der Waals surface area contributed by atoms with Gasteiger partial charge in [0.15, 0.2) is 5.65 Å². The van der Waals surface area contributed by atoms with Crippen LogP contribution in [0, 0.1) is 0 Å². The molecule has 2 aromatic heterocycles. The van der Waals surface area contributed by atoms with Crippen LogP contribution >= 0.6 is 0 Å². The predicted molar refractivity (Wildman–Crippen MR) is 87.5 cm³/mol. The molecule has 1 aliphatic heterocycles. The topological polar surface area (TPSA) is 60.2 Å². The summed E-state index contributed by atoms with van der Waals surface area (Å²) in [5.41, 5.74) is 2.87. The van der Waals surface area contributed by atoms with Crippen molar-refractivity contribution in [2.45, 2.75) is 25.3 Å². The second kappa shape index (κ2) is 6.01. The van der Waals surface area contributed by atoms with Gasteiger partial charge in [-0.05, 0) is 42.7 Å². The summed E-state index contributed by atoms with van der Waals surface area (Å²) in [5, 5.41) is 9.69. The van der Waals surface area contributed by atoms with Crippen LogP contribution in [0.1, 0.15) is 30.3 Å². The maximum absolute atomic E-state index is 9.69. The van der Waals surface area contributed by atoms with Crippen LogP contribution < -0.4 is 0 Å². The highest BCUT2D eigenvalue weighted by Crippen LogP contribution is 2.27. The third kappa shape index (κ3) is 2.80. The molecule has 1 fully saturated rings. The number of hydrogen-bond donors (Lipinski definition) is 1. The van der Waals surface area contributed by atoms with Gasteiger partial charge in [0.2, 0.25) is 0 Å². The molecule has 0 bridgehead atoms. The lowest BCUT2D eigenvalue weighted by molar-refractivity contribution is 0.0595. The van der Waals surface area contributed by atoms with E-state index in [0.717, 1.165) is 42.0 Å². The molecule has 1 unspecified atom stereocenters. The van der Waals surface area contributed by atoms with Crippen molar-refractivity contribution >= 4 is 11.2 Å². The van der Waals surface area contributed by atoms with Crippen molar-refractivity contribution < 1.29 is 9.84 Å². The zero-order chi connectivity index (χ0) is 15.6. The number of ether oxygens (including phenoxy) is 1. The summed E-state index contributed by atoms with van der Waals surface area (Å²) in [7, 11) is 0. The van der Waals surface area contributed by atoms with Crippen molar-refractivity contribution in [1.82, 2.24) is 14.5 Å². The van der Waals surface area contributed by atoms with Crippen molar-refractivity contribution in [3.8, 4) is 5.75 Å². The third-order valence-electron chi connectivity index (χ3n) is 4.30. The first-order chi connectivity index (χ1) is 11.3. The fourth-order valence-electron chi connectivity index (χ4n) is 3.26. The molecular weight excluding hydrogens is 290 g/mol. The van der Waals surface area contributed by atoms with Crippen molar-refractivity contribution in [3.05, 3.63) is 54.0 Å². The van der Waals surface area contributed by atoms with Crippen LogP contribution in [0.5, 0.6) is 5.75 Å². The molecule has 1 N–H and O–H groups in total. The Morgan fingerprint density at radius 2 is 2.22 bits per heavy atom. The van der Waals surface area contributed by atoms with E-state index in [-0.39, 0.29) is 11.8 Å². The molecule has 23 heavy (non-hydrogen) atoms. The summed E-state index contributed by atoms with van der Waals surface area (Å²) in [6, 6.07) is 11.5. The average molecular weight is 309 g/mol. The molecule has 5 nitrogen and oxygen atoms in total. The zero-order valence-electron chi connectivity index (χ0n) is 12.9. The maximum atomic E-state index is 9.69. The van der Waals surface area contributed by atoms with Crippen LogP contribution in [0.3, 0.4) is 0 Å². The zero-order valence-corrected chi connectivity index (χ0v) is 12.9. The number of nitrogens with zero attached hydrogens (tertiary/aromatic N) is 3. The Labute approximate surface area is 134 Å². The number of phenolic OH excluding ortho intramolecular Hbond substituents is 1. The Kier molecular flexibility index (Phi) is 3.71. The number of aromatic nitrogens is 3. The SMILES string of the molecule is Oc1cccc(Cc2nc3cccnc3n2C2CCCOC2)c1. The largest absolute Gasteiger partial charge is 0.508 e. The van der Waals surface area contributed by atoms with E-state index in [2.05, 4.69) is 9.55 Å². The van der Waals surface area contributed by atoms with Gasteiger partial charge in [-0.2, -0.15) is 0 Å². The predicted octanol–water partition coefficient (Wildman–Crippen LogP) is 3.08. The lowest BCUT2D eigenvalue weighted by Gasteiger charge is -2.25. The third-order valence-corrected chi connectivity index (χ3v) is 4.30. The molecule has 1 atom stereocenters. The lowest BCUT2D eigenvalue weighted by atomic mass is 10.1. The Balaban J connectivity index is 1.78. The molecule has 0 radical (unpaired) electrons. The van der Waals surface area contributed by atoms with Gasteiger partial charge in [-0.15, -0.1) is 0 Å². The first kappa shape index (κ1) is 14.2. The van der Waals surface area contributed by atoms with Crippen molar-refractivity contribution in [3.63, 3.8) is 0 Å². The number of fused-ring (bicyclic) bond motifs is 1. The normalized spacial score (nSPS) is 18.3. The van der Waals surface area contributed by atoms with Crippen LogP contribution in [-0.4, -0.2) is 32.9 Å². The molecule has 4 rings (SSSR count). The number of rotatable bonds is 3. The minimum atomic E-state index is 0.274. The fraction of sp³-hybridized carbons (Fsp3) is 0.333. The Morgan fingerprint density at radius 1 is 1.26 bits per heavy atom. The van der Waals surface area contributed by atoms with Gasteiger partial charge in [-0.3, -0.25) is 0 Å². The summed E-state index contributed by atoms with van der Waals surface area (Å²) in [4.78, 5) is 9.31. The fourth-order valence-corrected chi connectivity index (χ4v) is 3.26. The summed E-state index contributed by atoms with van der Waals surface area (Å²) < 4.78 is 7.88. The van der Waals surface area contributed by atoms with E-state index in [1.165, 1.54) is 0 Å². The van der Waals surface area contributed by atoms with Crippen molar-refractivity contribution in [2.24, 2.45) is 0 Å².